The summed E-state index contributed by atoms with van der Waals surface area (Å²) in [7, 11) is 0. The molecule has 0 unspecified atom stereocenters. The Hall–Kier alpha value is -0.900. The van der Waals surface area contributed by atoms with Crippen molar-refractivity contribution in [2.45, 2.75) is 6.92 Å². The van der Waals surface area contributed by atoms with E-state index < -0.39 is 5.97 Å². The van der Waals surface area contributed by atoms with E-state index in [1.165, 1.54) is 6.92 Å². The molecule has 0 atom stereocenters. The maximum Gasteiger partial charge on any atom is 0.330 e. The first-order chi connectivity index (χ1) is 3.64. The minimum absolute atomic E-state index is 0.176. The van der Waals surface area contributed by atoms with Gasteiger partial charge in [-0.1, -0.05) is 11.1 Å². The second kappa shape index (κ2) is 6.10. The van der Waals surface area contributed by atoms with Crippen LogP contribution < -0.4 is 0 Å². The van der Waals surface area contributed by atoms with E-state index >= 15 is 0 Å². The van der Waals surface area contributed by atoms with Crippen LogP contribution in [0.2, 0.25) is 0 Å². The summed E-state index contributed by atoms with van der Waals surface area (Å²) in [5, 5.41) is 13.4. The Labute approximate surface area is 46.0 Å². The molecule has 0 radical (unpaired) electrons. The second-order valence-electron chi connectivity index (χ2n) is 1.09. The highest BCUT2D eigenvalue weighted by molar-refractivity contribution is 5.84. The predicted octanol–water partition coefficient (Wildman–Crippen LogP) is 0.510. The van der Waals surface area contributed by atoms with E-state index in [-0.39, 0.29) is 5.57 Å². The maximum absolute atomic E-state index is 9.60. The van der Waals surface area contributed by atoms with Crippen molar-refractivity contribution in [1.82, 2.24) is 0 Å². The third kappa shape index (κ3) is 8.92. The van der Waals surface area contributed by atoms with Crippen LogP contribution in [0.3, 0.4) is 0 Å². The molecular formula is C4H7FO3. The van der Waals surface area contributed by atoms with Gasteiger partial charge in [-0.3, -0.25) is 0 Å². The van der Waals surface area contributed by atoms with Gasteiger partial charge >= 0.3 is 5.97 Å². The van der Waals surface area contributed by atoms with Crippen LogP contribution >= 0.6 is 0 Å². The summed E-state index contributed by atoms with van der Waals surface area (Å²) in [5.74, 6) is -0.935. The number of carboxylic acid groups (broad SMARTS) is 1. The molecule has 0 aliphatic rings. The van der Waals surface area contributed by atoms with Gasteiger partial charge in [0, 0.05) is 5.57 Å². The second-order valence-corrected chi connectivity index (χ2v) is 1.09. The van der Waals surface area contributed by atoms with E-state index in [4.69, 9.17) is 14.9 Å². The van der Waals surface area contributed by atoms with Crippen molar-refractivity contribution in [3.8, 4) is 0 Å². The van der Waals surface area contributed by atoms with E-state index in [0.29, 0.717) is 0 Å². The fraction of sp³-hybridized carbons (Fsp3) is 0.250. The number of carbonyl (C=O) groups is 1. The molecule has 0 aliphatic heterocycles. The van der Waals surface area contributed by atoms with Gasteiger partial charge in [-0.05, 0) is 6.92 Å². The number of rotatable bonds is 1. The third-order valence-electron chi connectivity index (χ3n) is 0.365. The lowest BCUT2D eigenvalue weighted by molar-refractivity contribution is -0.132. The Kier molecular flexibility index (Phi) is 7.74. The fourth-order valence-corrected chi connectivity index (χ4v) is 0. The van der Waals surface area contributed by atoms with Crippen molar-refractivity contribution >= 4 is 5.97 Å². The predicted molar refractivity (Wildman–Crippen MR) is 25.8 cm³/mol. The minimum atomic E-state index is -0.935. The van der Waals surface area contributed by atoms with Crippen molar-refractivity contribution in [2.75, 3.05) is 0 Å². The minimum Gasteiger partial charge on any atom is -0.478 e. The Bertz CT molecular complexity index is 77.3. The normalized spacial score (nSPS) is 6.38. The standard InChI is InChI=1S/C4H6O2.FHO/c1-3(2)4(5)6;1-2/h1H2,2H3,(H,5,6);2H. The van der Waals surface area contributed by atoms with E-state index in [9.17, 15) is 4.79 Å². The molecule has 0 saturated carbocycles. The topological polar surface area (TPSA) is 57.5 Å². The summed E-state index contributed by atoms with van der Waals surface area (Å²) < 4.78 is 8.50. The monoisotopic (exact) mass is 122 g/mol. The van der Waals surface area contributed by atoms with Gasteiger partial charge in [0.2, 0.25) is 0 Å². The smallest absolute Gasteiger partial charge is 0.330 e. The first-order valence-corrected chi connectivity index (χ1v) is 1.70. The van der Waals surface area contributed by atoms with Gasteiger partial charge in [0.15, 0.2) is 0 Å². The number of hydrogen-bond donors (Lipinski definition) is 2. The van der Waals surface area contributed by atoms with E-state index in [0.717, 1.165) is 0 Å². The van der Waals surface area contributed by atoms with Gasteiger partial charge < -0.3 is 5.11 Å². The van der Waals surface area contributed by atoms with E-state index in [1.807, 2.05) is 0 Å². The molecule has 0 fully saturated rings. The molecule has 8 heavy (non-hydrogen) atoms. The van der Waals surface area contributed by atoms with Crippen molar-refractivity contribution < 1.29 is 19.7 Å². The summed E-state index contributed by atoms with van der Waals surface area (Å²) in [6.07, 6.45) is 0. The highest BCUT2D eigenvalue weighted by Crippen LogP contribution is 1.81. The number of hydrogen-bond acceptors (Lipinski definition) is 2. The molecule has 0 saturated heterocycles. The Morgan fingerprint density at radius 2 is 1.75 bits per heavy atom. The lowest BCUT2D eigenvalue weighted by Gasteiger charge is -1.79. The molecule has 0 aromatic rings. The van der Waals surface area contributed by atoms with Crippen LogP contribution in [-0.2, 0) is 4.79 Å². The maximum atomic E-state index is 9.60. The van der Waals surface area contributed by atoms with Crippen LogP contribution in [0.4, 0.5) is 4.53 Å². The molecule has 3 nitrogen and oxygen atoms in total. The summed E-state index contributed by atoms with van der Waals surface area (Å²) in [4.78, 5) is 9.60. The van der Waals surface area contributed by atoms with Crippen molar-refractivity contribution in [2.24, 2.45) is 0 Å². The number of carboxylic acids is 1. The summed E-state index contributed by atoms with van der Waals surface area (Å²) in [6.45, 7) is 4.60. The van der Waals surface area contributed by atoms with Gasteiger partial charge in [0.1, 0.15) is 0 Å². The quantitative estimate of drug-likeness (QED) is 0.498. The van der Waals surface area contributed by atoms with E-state index in [1.54, 1.807) is 0 Å². The average Bonchev–Trinajstić information content (AvgIpc) is 1.72. The van der Waals surface area contributed by atoms with Crippen LogP contribution in [0.1, 0.15) is 6.92 Å². The highest BCUT2D eigenvalue weighted by atomic mass is 19.3. The zero-order valence-electron chi connectivity index (χ0n) is 4.39. The molecule has 0 aromatic heterocycles. The number of halogens is 1. The van der Waals surface area contributed by atoms with Crippen molar-refractivity contribution in [3.63, 3.8) is 0 Å². The summed E-state index contributed by atoms with van der Waals surface area (Å²) in [6, 6.07) is 0. The van der Waals surface area contributed by atoms with Gasteiger partial charge in [0.05, 0.1) is 0 Å². The molecule has 0 bridgehead atoms. The van der Waals surface area contributed by atoms with Crippen LogP contribution in [0.15, 0.2) is 12.2 Å². The number of aliphatic carboxylic acids is 1. The van der Waals surface area contributed by atoms with Crippen LogP contribution in [0, 0.1) is 0 Å². The van der Waals surface area contributed by atoms with Crippen LogP contribution in [-0.4, -0.2) is 16.4 Å². The van der Waals surface area contributed by atoms with E-state index in [2.05, 4.69) is 6.58 Å². The van der Waals surface area contributed by atoms with Crippen molar-refractivity contribution in [3.05, 3.63) is 12.2 Å². The van der Waals surface area contributed by atoms with Gasteiger partial charge in [-0.2, -0.15) is 0 Å². The lowest BCUT2D eigenvalue weighted by Crippen LogP contribution is -1.92. The van der Waals surface area contributed by atoms with Crippen LogP contribution in [0.5, 0.6) is 0 Å². The first-order valence-electron chi connectivity index (χ1n) is 1.70. The summed E-state index contributed by atoms with van der Waals surface area (Å²) >= 11 is 0. The van der Waals surface area contributed by atoms with Crippen LogP contribution in [0.25, 0.3) is 0 Å². The molecule has 0 rings (SSSR count). The molecule has 0 aromatic carbocycles. The molecular weight excluding hydrogens is 115 g/mol. The zero-order valence-corrected chi connectivity index (χ0v) is 4.39. The Morgan fingerprint density at radius 1 is 1.62 bits per heavy atom. The Morgan fingerprint density at radius 3 is 1.75 bits per heavy atom. The largest absolute Gasteiger partial charge is 0.478 e. The average molecular weight is 122 g/mol. The Balaban J connectivity index is 0. The molecule has 0 amide bonds. The van der Waals surface area contributed by atoms with Crippen molar-refractivity contribution in [1.29, 1.82) is 0 Å². The first kappa shape index (κ1) is 10.2. The molecule has 2 N–H and O–H groups in total. The SMILES string of the molecule is C=C(C)C(=O)O.OF. The molecule has 4 heteroatoms. The van der Waals surface area contributed by atoms with Gasteiger partial charge in [-0.25, -0.2) is 10.1 Å². The molecule has 0 heterocycles. The highest BCUT2D eigenvalue weighted by Gasteiger charge is 1.90. The summed E-state index contributed by atoms with van der Waals surface area (Å²) in [5.41, 5.74) is 0.176. The lowest BCUT2D eigenvalue weighted by atomic mass is 10.4. The van der Waals surface area contributed by atoms with Gasteiger partial charge in [-0.15, -0.1) is 0 Å². The van der Waals surface area contributed by atoms with Gasteiger partial charge in [0.25, 0.3) is 0 Å². The zero-order chi connectivity index (χ0) is 7.15. The fourth-order valence-electron chi connectivity index (χ4n) is 0. The third-order valence-corrected chi connectivity index (χ3v) is 0.365. The molecule has 48 valence electrons. The molecule has 0 aliphatic carbocycles. The molecule has 0 spiro atoms.